The molecule has 2 aromatic heterocycles. The molecule has 0 bridgehead atoms. The lowest BCUT2D eigenvalue weighted by molar-refractivity contribution is 0.661. The smallest absolute Gasteiger partial charge is 0.147 e. The summed E-state index contributed by atoms with van der Waals surface area (Å²) in [7, 11) is 0. The molecule has 2 heterocycles. The summed E-state index contributed by atoms with van der Waals surface area (Å²) in [5, 5.41) is 8.85. The molecule has 0 aliphatic rings. The number of rotatable bonds is 6. The first-order valence-electron chi connectivity index (χ1n) is 21.2. The Kier molecular flexibility index (Phi) is 8.37. The second-order valence-corrected chi connectivity index (χ2v) is 17.1. The van der Waals surface area contributed by atoms with Crippen molar-refractivity contribution in [2.75, 3.05) is 9.80 Å². The number of hydrogen-bond acceptors (Lipinski definition) is 4. The van der Waals surface area contributed by atoms with Crippen molar-refractivity contribution in [2.45, 2.75) is 48.5 Å². The summed E-state index contributed by atoms with van der Waals surface area (Å²) in [6, 6.07) is 55.4. The number of aryl methyl sites for hydroxylation is 7. The van der Waals surface area contributed by atoms with Crippen LogP contribution < -0.4 is 9.80 Å². The Hall–Kier alpha value is -7.30. The Labute approximate surface area is 355 Å². The molecule has 0 amide bonds. The summed E-state index contributed by atoms with van der Waals surface area (Å²) in [6.07, 6.45) is 0. The molecule has 0 N–H and O–H groups in total. The van der Waals surface area contributed by atoms with Crippen molar-refractivity contribution in [3.63, 3.8) is 0 Å². The zero-order valence-electron chi connectivity index (χ0n) is 35.6. The predicted molar refractivity (Wildman–Crippen MR) is 259 cm³/mol. The van der Waals surface area contributed by atoms with Crippen molar-refractivity contribution in [1.29, 1.82) is 0 Å². The van der Waals surface area contributed by atoms with Gasteiger partial charge < -0.3 is 18.6 Å². The van der Waals surface area contributed by atoms with Gasteiger partial charge in [0.2, 0.25) is 0 Å². The molecular weight excluding hydrogens is 745 g/mol. The van der Waals surface area contributed by atoms with Crippen molar-refractivity contribution >= 4 is 99.5 Å². The number of para-hydroxylation sites is 2. The minimum absolute atomic E-state index is 0.849. The maximum absolute atomic E-state index is 6.93. The summed E-state index contributed by atoms with van der Waals surface area (Å²) >= 11 is 0. The Morgan fingerprint density at radius 1 is 0.328 bits per heavy atom. The molecule has 0 saturated carbocycles. The van der Waals surface area contributed by atoms with E-state index in [0.29, 0.717) is 0 Å². The second kappa shape index (κ2) is 13.9. The highest BCUT2D eigenvalue weighted by Crippen LogP contribution is 2.46. The van der Waals surface area contributed by atoms with Gasteiger partial charge in [0.25, 0.3) is 0 Å². The topological polar surface area (TPSA) is 32.8 Å². The van der Waals surface area contributed by atoms with E-state index in [1.54, 1.807) is 0 Å². The lowest BCUT2D eigenvalue weighted by Gasteiger charge is -2.29. The summed E-state index contributed by atoms with van der Waals surface area (Å²) in [5.41, 5.74) is 18.8. The van der Waals surface area contributed by atoms with Crippen molar-refractivity contribution in [1.82, 2.24) is 0 Å². The van der Waals surface area contributed by atoms with Crippen molar-refractivity contribution < 1.29 is 8.83 Å². The van der Waals surface area contributed by atoms with Crippen LogP contribution in [0.2, 0.25) is 0 Å². The fourth-order valence-corrected chi connectivity index (χ4v) is 9.62. The number of fused-ring (bicyclic) bond motifs is 9. The second-order valence-electron chi connectivity index (χ2n) is 17.1. The summed E-state index contributed by atoms with van der Waals surface area (Å²) in [6.45, 7) is 15.2. The van der Waals surface area contributed by atoms with Gasteiger partial charge in [-0.05, 0) is 177 Å². The van der Waals surface area contributed by atoms with Crippen LogP contribution in [0.25, 0.3) is 65.4 Å². The largest absolute Gasteiger partial charge is 0.456 e. The molecule has 0 aliphatic carbocycles. The molecular formula is C57H46N2O2. The van der Waals surface area contributed by atoms with E-state index in [-0.39, 0.29) is 0 Å². The molecule has 0 saturated heterocycles. The third-order valence-corrected chi connectivity index (χ3v) is 12.7. The fourth-order valence-electron chi connectivity index (χ4n) is 9.62. The molecule has 4 nitrogen and oxygen atoms in total. The normalized spacial score (nSPS) is 11.9. The van der Waals surface area contributed by atoms with Gasteiger partial charge in [0.05, 0.1) is 5.39 Å². The first-order chi connectivity index (χ1) is 29.6. The van der Waals surface area contributed by atoms with Crippen LogP contribution in [-0.2, 0) is 0 Å². The Bertz CT molecular complexity index is 3590. The van der Waals surface area contributed by atoms with Gasteiger partial charge in [0.15, 0.2) is 0 Å². The number of anilines is 6. The monoisotopic (exact) mass is 790 g/mol. The molecule has 296 valence electrons. The molecule has 0 fully saturated rings. The van der Waals surface area contributed by atoms with Crippen molar-refractivity contribution in [2.24, 2.45) is 0 Å². The molecule has 0 spiro atoms. The number of nitrogens with zero attached hydrogens (tertiary/aromatic N) is 2. The SMILES string of the molecule is Cc1ccc(N(c2ccc3cc4c(cc3c2)oc2c4cc(C)c3oc4cc5cc(N(c6ccccc6C)c6ccc(C)cc6C)ccc5cc4c32)c2ccccc2C)c(C)c1. The van der Waals surface area contributed by atoms with Gasteiger partial charge in [-0.3, -0.25) is 0 Å². The Morgan fingerprint density at radius 2 is 0.803 bits per heavy atom. The summed E-state index contributed by atoms with van der Waals surface area (Å²) in [4.78, 5) is 4.76. The van der Waals surface area contributed by atoms with Crippen LogP contribution in [0.15, 0.2) is 160 Å². The van der Waals surface area contributed by atoms with E-state index >= 15 is 0 Å². The van der Waals surface area contributed by atoms with E-state index in [1.807, 2.05) is 0 Å². The van der Waals surface area contributed by atoms with Gasteiger partial charge >= 0.3 is 0 Å². The molecule has 4 heteroatoms. The molecule has 0 atom stereocenters. The third kappa shape index (κ3) is 5.96. The predicted octanol–water partition coefficient (Wildman–Crippen LogP) is 16.9. The Morgan fingerprint density at radius 3 is 1.33 bits per heavy atom. The number of benzene rings is 9. The molecule has 0 radical (unpaired) electrons. The van der Waals surface area contributed by atoms with Crippen LogP contribution in [0.4, 0.5) is 34.1 Å². The van der Waals surface area contributed by atoms with E-state index in [4.69, 9.17) is 8.83 Å². The third-order valence-electron chi connectivity index (χ3n) is 12.7. The molecule has 9 aromatic carbocycles. The molecule has 61 heavy (non-hydrogen) atoms. The van der Waals surface area contributed by atoms with Gasteiger partial charge in [-0.15, -0.1) is 0 Å². The molecule has 0 aliphatic heterocycles. The van der Waals surface area contributed by atoms with Gasteiger partial charge in [-0.2, -0.15) is 0 Å². The highest BCUT2D eigenvalue weighted by molar-refractivity contribution is 6.25. The standard InChI is InChI=1S/C57H46N2O2/c1-33-16-22-51(37(5)24-33)58(49-14-10-8-12-35(49)3)44-20-18-40-29-46-47-26-39(7)56-55(57(47)61-53(46)31-42(40)27-44)48-30-41-19-21-45(28-43(41)32-54(48)60-56)59(50-15-11-9-13-36(50)4)52-23-17-34(2)25-38(52)6/h8-32H,1-7H3. The average molecular weight is 791 g/mol. The number of hydrogen-bond donors (Lipinski definition) is 0. The lowest BCUT2D eigenvalue weighted by atomic mass is 10.00. The van der Waals surface area contributed by atoms with Gasteiger partial charge in [0.1, 0.15) is 22.3 Å². The van der Waals surface area contributed by atoms with Crippen LogP contribution >= 0.6 is 0 Å². The maximum atomic E-state index is 6.93. The molecule has 11 rings (SSSR count). The minimum atomic E-state index is 0.849. The van der Waals surface area contributed by atoms with E-state index in [2.05, 4.69) is 210 Å². The quantitative estimate of drug-likeness (QED) is 0.168. The zero-order valence-corrected chi connectivity index (χ0v) is 35.6. The van der Waals surface area contributed by atoms with Gasteiger partial charge in [0, 0.05) is 50.3 Å². The average Bonchev–Trinajstić information content (AvgIpc) is 3.79. The van der Waals surface area contributed by atoms with Gasteiger partial charge in [-0.1, -0.05) is 83.9 Å². The van der Waals surface area contributed by atoms with E-state index < -0.39 is 0 Å². The van der Waals surface area contributed by atoms with Crippen molar-refractivity contribution in [3.8, 4) is 0 Å². The van der Waals surface area contributed by atoms with Gasteiger partial charge in [-0.25, -0.2) is 0 Å². The van der Waals surface area contributed by atoms with Crippen LogP contribution in [0.5, 0.6) is 0 Å². The summed E-state index contributed by atoms with van der Waals surface area (Å²) in [5.74, 6) is 0. The van der Waals surface area contributed by atoms with Crippen molar-refractivity contribution in [3.05, 3.63) is 191 Å². The molecule has 0 unspecified atom stereocenters. The Balaban J connectivity index is 1.06. The number of furan rings is 2. The first-order valence-corrected chi connectivity index (χ1v) is 21.2. The van der Waals surface area contributed by atoms with Crippen LogP contribution in [0.1, 0.15) is 38.9 Å². The van der Waals surface area contributed by atoms with Crippen LogP contribution in [0, 0.1) is 48.5 Å². The van der Waals surface area contributed by atoms with Crippen LogP contribution in [-0.4, -0.2) is 0 Å². The molecule has 11 aromatic rings. The fraction of sp³-hybridized carbons (Fsp3) is 0.123. The van der Waals surface area contributed by atoms with E-state index in [0.717, 1.165) is 88.3 Å². The highest BCUT2D eigenvalue weighted by atomic mass is 16.3. The maximum Gasteiger partial charge on any atom is 0.147 e. The van der Waals surface area contributed by atoms with E-state index in [9.17, 15) is 0 Å². The minimum Gasteiger partial charge on any atom is -0.456 e. The van der Waals surface area contributed by atoms with Crippen LogP contribution in [0.3, 0.4) is 0 Å². The van der Waals surface area contributed by atoms with E-state index in [1.165, 1.54) is 50.1 Å². The lowest BCUT2D eigenvalue weighted by Crippen LogP contribution is -2.12. The summed E-state index contributed by atoms with van der Waals surface area (Å²) < 4.78 is 13.7. The highest BCUT2D eigenvalue weighted by Gasteiger charge is 2.22. The zero-order chi connectivity index (χ0) is 41.7. The first kappa shape index (κ1) is 36.8.